The predicted octanol–water partition coefficient (Wildman–Crippen LogP) is 4.53. The van der Waals surface area contributed by atoms with E-state index >= 15 is 0 Å². The lowest BCUT2D eigenvalue weighted by Gasteiger charge is -2.23. The van der Waals surface area contributed by atoms with Crippen LogP contribution in [0.4, 0.5) is 5.69 Å². The van der Waals surface area contributed by atoms with Crippen LogP contribution < -0.4 is 4.59 Å². The Kier molecular flexibility index (Phi) is 3.34. The number of quaternary nitrogens is 1. The minimum absolute atomic E-state index is 0.355. The Hall–Kier alpha value is -2.01. The molecule has 23 heavy (non-hydrogen) atoms. The van der Waals surface area contributed by atoms with Crippen LogP contribution in [0.15, 0.2) is 58.6 Å². The summed E-state index contributed by atoms with van der Waals surface area (Å²) in [4.78, 5) is 4.55. The molecule has 1 unspecified atom stereocenters. The Bertz CT molecular complexity index is 957. The minimum Gasteiger partial charge on any atom is -0.167 e. The topological polar surface area (TPSA) is 48.5 Å². The van der Waals surface area contributed by atoms with E-state index in [0.29, 0.717) is 22.4 Å². The highest BCUT2D eigenvalue weighted by Gasteiger charge is 2.48. The van der Waals surface area contributed by atoms with E-state index in [0.717, 1.165) is 14.7 Å². The highest BCUT2D eigenvalue weighted by atomic mass is 127. The largest absolute Gasteiger partial charge is 0.351 e. The number of fused-ring (bicyclic) bond motifs is 3. The lowest BCUT2D eigenvalue weighted by molar-refractivity contribution is 0.609. The molecule has 2 aromatic carbocycles. The standard InChI is InChI=1S/C17H9ClIN4/c18-14-9-13(19)8-12-6-7-15-21-17(11-4-2-1-3-5-11)22-23(15,10-20)16(12)14/h1-9H/q+1. The number of hydrogen-bond acceptors (Lipinski definition) is 3. The molecule has 0 amide bonds. The molecular weight excluding hydrogens is 423 g/mol. The summed E-state index contributed by atoms with van der Waals surface area (Å²) < 4.78 is 0.658. The summed E-state index contributed by atoms with van der Waals surface area (Å²) in [5.74, 6) is 1.09. The molecule has 2 aliphatic rings. The van der Waals surface area contributed by atoms with Crippen LogP contribution in [-0.4, -0.2) is 11.7 Å². The second kappa shape index (κ2) is 5.27. The Morgan fingerprint density at radius 1 is 1.13 bits per heavy atom. The quantitative estimate of drug-likeness (QED) is 0.372. The zero-order valence-corrected chi connectivity index (χ0v) is 14.7. The van der Waals surface area contributed by atoms with Crippen molar-refractivity contribution in [3.63, 3.8) is 0 Å². The highest BCUT2D eigenvalue weighted by Crippen LogP contribution is 2.42. The zero-order chi connectivity index (χ0) is 16.0. The molecule has 0 saturated heterocycles. The molecule has 1 atom stereocenters. The molecular formula is C17H9ClIN4+. The van der Waals surface area contributed by atoms with Gasteiger partial charge in [0.1, 0.15) is 5.02 Å². The average molecular weight is 432 g/mol. The van der Waals surface area contributed by atoms with E-state index in [4.69, 9.17) is 11.6 Å². The Morgan fingerprint density at radius 3 is 2.65 bits per heavy atom. The molecule has 0 spiro atoms. The Balaban J connectivity index is 1.98. The van der Waals surface area contributed by atoms with Gasteiger partial charge in [0.05, 0.1) is 0 Å². The third kappa shape index (κ3) is 2.14. The fourth-order valence-electron chi connectivity index (χ4n) is 2.76. The normalized spacial score (nSPS) is 21.1. The number of halogens is 2. The third-order valence-corrected chi connectivity index (χ3v) is 4.68. The second-order valence-electron chi connectivity index (χ2n) is 5.15. The lowest BCUT2D eigenvalue weighted by atomic mass is 10.1. The van der Waals surface area contributed by atoms with Gasteiger partial charge < -0.3 is 0 Å². The van der Waals surface area contributed by atoms with E-state index in [1.54, 1.807) is 0 Å². The number of benzene rings is 2. The molecule has 4 rings (SSSR count). The number of hydrogen-bond donors (Lipinski definition) is 0. The monoisotopic (exact) mass is 431 g/mol. The van der Waals surface area contributed by atoms with Gasteiger partial charge in [-0.25, -0.2) is 0 Å². The Labute approximate surface area is 151 Å². The summed E-state index contributed by atoms with van der Waals surface area (Å²) in [6.07, 6.45) is 6.04. The fraction of sp³-hybridized carbons (Fsp3) is 0. The molecule has 110 valence electrons. The van der Waals surface area contributed by atoms with Gasteiger partial charge in [-0.3, -0.25) is 0 Å². The zero-order valence-electron chi connectivity index (χ0n) is 11.7. The summed E-state index contributed by atoms with van der Waals surface area (Å²) in [5.41, 5.74) is 2.42. The predicted molar refractivity (Wildman–Crippen MR) is 101 cm³/mol. The van der Waals surface area contributed by atoms with Gasteiger partial charge >= 0.3 is 6.19 Å². The molecule has 6 heteroatoms. The van der Waals surface area contributed by atoms with E-state index < -0.39 is 0 Å². The van der Waals surface area contributed by atoms with Crippen molar-refractivity contribution in [3.05, 3.63) is 68.3 Å². The van der Waals surface area contributed by atoms with Gasteiger partial charge in [0, 0.05) is 20.8 Å². The fourth-order valence-corrected chi connectivity index (χ4v) is 3.94. The van der Waals surface area contributed by atoms with Gasteiger partial charge in [0.15, 0.2) is 0 Å². The number of nitrogens with zero attached hydrogens (tertiary/aromatic N) is 4. The number of nitriles is 1. The van der Waals surface area contributed by atoms with E-state index in [1.807, 2.05) is 54.6 Å². The molecule has 0 bridgehead atoms. The van der Waals surface area contributed by atoms with Crippen molar-refractivity contribution in [1.29, 1.82) is 5.26 Å². The number of rotatable bonds is 1. The molecule has 4 nitrogen and oxygen atoms in total. The first-order chi connectivity index (χ1) is 11.1. The molecule has 2 aliphatic heterocycles. The van der Waals surface area contributed by atoms with Crippen LogP contribution in [0.25, 0.3) is 6.08 Å². The number of aliphatic imine (C=N–C) groups is 1. The molecule has 0 fully saturated rings. The summed E-state index contributed by atoms with van der Waals surface area (Å²) >= 11 is 8.65. The van der Waals surface area contributed by atoms with Crippen molar-refractivity contribution in [1.82, 2.24) is 4.59 Å². The SMILES string of the molecule is N#C[N+]12N=C(c3ccccc3)N=C1C=Cc1cc(I)cc(Cl)c12. The molecule has 0 radical (unpaired) electrons. The van der Waals surface area contributed by atoms with Crippen molar-refractivity contribution in [2.24, 2.45) is 10.1 Å². The van der Waals surface area contributed by atoms with Crippen LogP contribution in [0.3, 0.4) is 0 Å². The minimum atomic E-state index is -0.355. The van der Waals surface area contributed by atoms with Crippen LogP contribution in [0.5, 0.6) is 0 Å². The summed E-state index contributed by atoms with van der Waals surface area (Å²) in [6.45, 7) is 0. The van der Waals surface area contributed by atoms with Crippen molar-refractivity contribution in [2.45, 2.75) is 0 Å². The number of amidine groups is 2. The summed E-state index contributed by atoms with van der Waals surface area (Å²) in [7, 11) is 0. The van der Waals surface area contributed by atoms with Crippen molar-refractivity contribution < 1.29 is 0 Å². The molecule has 0 saturated carbocycles. The lowest BCUT2D eigenvalue weighted by Crippen LogP contribution is -2.43. The van der Waals surface area contributed by atoms with Crippen LogP contribution in [-0.2, 0) is 0 Å². The second-order valence-corrected chi connectivity index (χ2v) is 6.81. The van der Waals surface area contributed by atoms with Crippen LogP contribution >= 0.6 is 34.2 Å². The smallest absolute Gasteiger partial charge is 0.167 e. The van der Waals surface area contributed by atoms with Crippen molar-refractivity contribution >= 4 is 57.6 Å². The maximum atomic E-state index is 9.90. The highest BCUT2D eigenvalue weighted by molar-refractivity contribution is 14.1. The summed E-state index contributed by atoms with van der Waals surface area (Å²) in [6, 6.07) is 13.5. The Morgan fingerprint density at radius 2 is 1.91 bits per heavy atom. The van der Waals surface area contributed by atoms with Gasteiger partial charge in [-0.1, -0.05) is 41.9 Å². The van der Waals surface area contributed by atoms with Crippen molar-refractivity contribution in [3.8, 4) is 6.19 Å². The van der Waals surface area contributed by atoms with Gasteiger partial charge in [0.2, 0.25) is 11.5 Å². The summed E-state index contributed by atoms with van der Waals surface area (Å²) in [5, 5.41) is 15.0. The average Bonchev–Trinajstić information content (AvgIpc) is 2.95. The van der Waals surface area contributed by atoms with Crippen molar-refractivity contribution in [2.75, 3.05) is 0 Å². The van der Waals surface area contributed by atoms with Gasteiger partial charge in [-0.15, -0.1) is 5.26 Å². The first-order valence-electron chi connectivity index (χ1n) is 6.87. The van der Waals surface area contributed by atoms with Crippen LogP contribution in [0.2, 0.25) is 5.02 Å². The first-order valence-corrected chi connectivity index (χ1v) is 8.33. The van der Waals surface area contributed by atoms with E-state index in [1.165, 1.54) is 0 Å². The third-order valence-electron chi connectivity index (χ3n) is 3.77. The van der Waals surface area contributed by atoms with Crippen LogP contribution in [0.1, 0.15) is 11.1 Å². The van der Waals surface area contributed by atoms with Gasteiger partial charge in [-0.2, -0.15) is 4.99 Å². The molecule has 0 N–H and O–H groups in total. The molecule has 2 heterocycles. The maximum absolute atomic E-state index is 9.90. The van der Waals surface area contributed by atoms with Gasteiger partial charge in [-0.05, 0) is 50.5 Å². The molecule has 2 aromatic rings. The van der Waals surface area contributed by atoms with E-state index in [9.17, 15) is 5.26 Å². The maximum Gasteiger partial charge on any atom is 0.351 e. The molecule has 0 aromatic heterocycles. The molecule has 0 aliphatic carbocycles. The van der Waals surface area contributed by atoms with E-state index in [2.05, 4.69) is 38.9 Å². The van der Waals surface area contributed by atoms with E-state index in [-0.39, 0.29) is 4.59 Å². The van der Waals surface area contributed by atoms with Crippen LogP contribution in [0, 0.1) is 15.0 Å². The van der Waals surface area contributed by atoms with Gasteiger partial charge in [0.25, 0.3) is 5.84 Å². The first kappa shape index (κ1) is 14.6.